The Labute approximate surface area is 305 Å². The average molecular weight is 703 g/mol. The highest BCUT2D eigenvalue weighted by Crippen LogP contribution is 2.41. The van der Waals surface area contributed by atoms with Crippen LogP contribution in [0.25, 0.3) is 0 Å². The highest BCUT2D eigenvalue weighted by atomic mass is 16.6. The Bertz CT molecular complexity index is 1550. The quantitative estimate of drug-likeness (QED) is 0.139. The maximum absolute atomic E-state index is 13.1. The molecule has 278 valence electrons. The van der Waals surface area contributed by atoms with Crippen LogP contribution >= 0.6 is 0 Å². The summed E-state index contributed by atoms with van der Waals surface area (Å²) in [5.41, 5.74) is 5.53. The molecule has 5 rings (SSSR count). The number of carbonyl (C=O) groups is 1. The van der Waals surface area contributed by atoms with Crippen LogP contribution in [0.4, 0.5) is 10.5 Å². The van der Waals surface area contributed by atoms with Crippen molar-refractivity contribution in [3.05, 3.63) is 89.0 Å². The molecule has 0 aromatic heterocycles. The van der Waals surface area contributed by atoms with Crippen molar-refractivity contribution in [2.24, 2.45) is 0 Å². The first-order valence-electron chi connectivity index (χ1n) is 18.4. The van der Waals surface area contributed by atoms with Crippen LogP contribution in [0.5, 0.6) is 11.5 Å². The monoisotopic (exact) mass is 702 g/mol. The van der Waals surface area contributed by atoms with E-state index in [1.54, 1.807) is 19.1 Å². The van der Waals surface area contributed by atoms with Gasteiger partial charge < -0.3 is 38.2 Å². The van der Waals surface area contributed by atoms with E-state index >= 15 is 0 Å². The van der Waals surface area contributed by atoms with E-state index in [4.69, 9.17) is 28.4 Å². The molecule has 0 saturated carbocycles. The van der Waals surface area contributed by atoms with E-state index in [1.165, 1.54) is 16.8 Å². The minimum atomic E-state index is -0.561. The van der Waals surface area contributed by atoms with Crippen LogP contribution in [0.1, 0.15) is 82.1 Å². The number of hydrogen-bond acceptors (Lipinski definition) is 8. The number of para-hydroxylation sites is 1. The molecule has 2 aliphatic heterocycles. The lowest BCUT2D eigenvalue weighted by Gasteiger charge is -2.39. The first-order chi connectivity index (χ1) is 24.5. The Kier molecular flexibility index (Phi) is 13.3. The first kappa shape index (κ1) is 38.4. The van der Waals surface area contributed by atoms with Crippen molar-refractivity contribution in [3.8, 4) is 11.5 Å². The van der Waals surface area contributed by atoms with Crippen molar-refractivity contribution < 1.29 is 33.2 Å². The zero-order chi connectivity index (χ0) is 36.4. The smallest absolute Gasteiger partial charge is 0.410 e. The second kappa shape index (κ2) is 17.6. The van der Waals surface area contributed by atoms with Crippen molar-refractivity contribution in [1.82, 2.24) is 4.90 Å². The molecule has 0 N–H and O–H groups in total. The number of benzene rings is 3. The van der Waals surface area contributed by atoms with Crippen LogP contribution in [-0.4, -0.2) is 82.9 Å². The SMILES string of the molecule is COCCCN1CC(C)(C)c2ccc(COC3CN(C(=O)OC(C)(C)C)CCC3c3ccc(OCCCOCc4ccccc4OC)cc3)cc21. The normalized spacial score (nSPS) is 18.4. The molecule has 2 heterocycles. The van der Waals surface area contributed by atoms with Crippen LogP contribution in [0.15, 0.2) is 66.7 Å². The molecular formula is C42H58N2O7. The number of carbonyl (C=O) groups excluding carboxylic acids is 1. The van der Waals surface area contributed by atoms with Crippen LogP contribution in [0.2, 0.25) is 0 Å². The van der Waals surface area contributed by atoms with Gasteiger partial charge in [-0.3, -0.25) is 0 Å². The molecule has 2 aliphatic rings. The predicted molar refractivity (Wildman–Crippen MR) is 201 cm³/mol. The van der Waals surface area contributed by atoms with E-state index in [9.17, 15) is 4.79 Å². The largest absolute Gasteiger partial charge is 0.496 e. The van der Waals surface area contributed by atoms with E-state index in [-0.39, 0.29) is 23.5 Å². The lowest BCUT2D eigenvalue weighted by molar-refractivity contribution is -0.0359. The molecule has 0 radical (unpaired) electrons. The molecule has 9 heteroatoms. The standard InChI is InChI=1S/C42H58N2O7/c1-41(2,3)51-40(45)43-22-20-35(32-15-17-34(18-16-32)49-25-11-24-48-29-33-12-8-9-13-38(33)47-7)39(27-43)50-28-31-14-19-36-37(26-31)44(21-10-23-46-6)30-42(36,4)5/h8-9,12-19,26,35,39H,10-11,20-25,27-30H2,1-7H3. The summed E-state index contributed by atoms with van der Waals surface area (Å²) in [4.78, 5) is 17.4. The number of nitrogens with zero attached hydrogens (tertiary/aromatic N) is 2. The van der Waals surface area contributed by atoms with E-state index in [0.29, 0.717) is 39.5 Å². The second-order valence-electron chi connectivity index (χ2n) is 15.3. The third-order valence-corrected chi connectivity index (χ3v) is 9.63. The summed E-state index contributed by atoms with van der Waals surface area (Å²) in [6.45, 7) is 16.2. The fourth-order valence-electron chi connectivity index (χ4n) is 7.08. The van der Waals surface area contributed by atoms with Gasteiger partial charge in [-0.2, -0.15) is 0 Å². The summed E-state index contributed by atoms with van der Waals surface area (Å²) in [7, 11) is 3.43. The summed E-state index contributed by atoms with van der Waals surface area (Å²) in [6.07, 6.45) is 2.05. The lowest BCUT2D eigenvalue weighted by Crippen LogP contribution is -2.48. The minimum absolute atomic E-state index is 0.0881. The van der Waals surface area contributed by atoms with Gasteiger partial charge in [0.1, 0.15) is 17.1 Å². The Morgan fingerprint density at radius 2 is 1.71 bits per heavy atom. The van der Waals surface area contributed by atoms with E-state index < -0.39 is 5.60 Å². The van der Waals surface area contributed by atoms with E-state index in [2.05, 4.69) is 49.1 Å². The number of fused-ring (bicyclic) bond motifs is 1. The summed E-state index contributed by atoms with van der Waals surface area (Å²) in [5.74, 6) is 1.79. The summed E-state index contributed by atoms with van der Waals surface area (Å²) < 4.78 is 35.1. The number of methoxy groups -OCH3 is 2. The van der Waals surface area contributed by atoms with Crippen LogP contribution in [-0.2, 0) is 37.6 Å². The third kappa shape index (κ3) is 10.6. The van der Waals surface area contributed by atoms with Gasteiger partial charge in [-0.25, -0.2) is 4.79 Å². The molecule has 3 aromatic carbocycles. The van der Waals surface area contributed by atoms with Gasteiger partial charge in [-0.1, -0.05) is 56.3 Å². The van der Waals surface area contributed by atoms with E-state index in [0.717, 1.165) is 61.6 Å². The number of likely N-dealkylation sites (tertiary alicyclic amines) is 1. The highest BCUT2D eigenvalue weighted by Gasteiger charge is 2.37. The molecule has 0 spiro atoms. The molecule has 0 aliphatic carbocycles. The topological polar surface area (TPSA) is 78.9 Å². The van der Waals surface area contributed by atoms with Crippen molar-refractivity contribution in [2.45, 2.75) is 90.1 Å². The number of hydrogen-bond donors (Lipinski definition) is 0. The van der Waals surface area contributed by atoms with Crippen molar-refractivity contribution in [3.63, 3.8) is 0 Å². The number of anilines is 1. The molecule has 51 heavy (non-hydrogen) atoms. The summed E-state index contributed by atoms with van der Waals surface area (Å²) in [6, 6.07) is 23.0. The van der Waals surface area contributed by atoms with Crippen molar-refractivity contribution in [2.75, 3.05) is 65.1 Å². The fourth-order valence-corrected chi connectivity index (χ4v) is 7.08. The second-order valence-corrected chi connectivity index (χ2v) is 15.3. The zero-order valence-corrected chi connectivity index (χ0v) is 31.7. The van der Waals surface area contributed by atoms with Gasteiger partial charge in [0.25, 0.3) is 0 Å². The average Bonchev–Trinajstić information content (AvgIpc) is 3.37. The van der Waals surface area contributed by atoms with Gasteiger partial charge in [0.2, 0.25) is 0 Å². The van der Waals surface area contributed by atoms with Crippen molar-refractivity contribution in [1.29, 1.82) is 0 Å². The maximum Gasteiger partial charge on any atom is 0.410 e. The lowest BCUT2D eigenvalue weighted by atomic mass is 9.86. The molecule has 1 fully saturated rings. The molecule has 1 amide bonds. The van der Waals surface area contributed by atoms with Gasteiger partial charge in [0.15, 0.2) is 0 Å². The Hall–Kier alpha value is -3.79. The van der Waals surface area contributed by atoms with Gasteiger partial charge in [0.05, 0.1) is 46.2 Å². The van der Waals surface area contributed by atoms with Crippen LogP contribution in [0.3, 0.4) is 0 Å². The Morgan fingerprint density at radius 1 is 0.922 bits per heavy atom. The van der Waals surface area contributed by atoms with Crippen LogP contribution < -0.4 is 14.4 Å². The molecule has 0 bridgehead atoms. The molecule has 3 aromatic rings. The van der Waals surface area contributed by atoms with Gasteiger partial charge >= 0.3 is 6.09 Å². The minimum Gasteiger partial charge on any atom is -0.496 e. The zero-order valence-electron chi connectivity index (χ0n) is 31.7. The highest BCUT2D eigenvalue weighted by molar-refractivity contribution is 5.68. The van der Waals surface area contributed by atoms with Gasteiger partial charge in [-0.15, -0.1) is 0 Å². The Morgan fingerprint density at radius 3 is 2.45 bits per heavy atom. The summed E-state index contributed by atoms with van der Waals surface area (Å²) in [5, 5.41) is 0. The van der Waals surface area contributed by atoms with Crippen LogP contribution in [0, 0.1) is 0 Å². The third-order valence-electron chi connectivity index (χ3n) is 9.63. The van der Waals surface area contributed by atoms with Gasteiger partial charge in [-0.05, 0) is 74.6 Å². The molecule has 2 atom stereocenters. The molecular weight excluding hydrogens is 644 g/mol. The Balaban J connectivity index is 1.20. The van der Waals surface area contributed by atoms with E-state index in [1.807, 2.05) is 57.2 Å². The number of ether oxygens (including phenoxy) is 6. The molecule has 9 nitrogen and oxygen atoms in total. The number of amides is 1. The fraction of sp³-hybridized carbons (Fsp3) is 0.548. The van der Waals surface area contributed by atoms with Crippen molar-refractivity contribution >= 4 is 11.8 Å². The summed E-state index contributed by atoms with van der Waals surface area (Å²) >= 11 is 0. The number of rotatable bonds is 16. The molecule has 1 saturated heterocycles. The predicted octanol–water partition coefficient (Wildman–Crippen LogP) is 8.12. The molecule has 2 unspecified atom stereocenters. The van der Waals surface area contributed by atoms with Gasteiger partial charge in [0, 0.05) is 62.4 Å². The number of piperidine rings is 1. The maximum atomic E-state index is 13.1. The first-order valence-corrected chi connectivity index (χ1v) is 18.4.